The van der Waals surface area contributed by atoms with Crippen LogP contribution in [0.4, 0.5) is 5.69 Å². The van der Waals surface area contributed by atoms with Crippen LogP contribution < -0.4 is 5.32 Å². The second kappa shape index (κ2) is 6.48. The van der Waals surface area contributed by atoms with E-state index in [9.17, 15) is 0 Å². The average molecular weight is 329 g/mol. The maximum atomic E-state index is 3.60. The van der Waals surface area contributed by atoms with E-state index in [1.54, 1.807) is 0 Å². The minimum Gasteiger partial charge on any atom is -0.384 e. The molecule has 0 atom stereocenters. The van der Waals surface area contributed by atoms with Crippen LogP contribution in [0.15, 0.2) is 24.3 Å². The number of rotatable bonds is 3. The predicted molar refractivity (Wildman–Crippen MR) is 78.8 cm³/mol. The number of benzene rings is 1. The fourth-order valence-electron chi connectivity index (χ4n) is 2.43. The van der Waals surface area contributed by atoms with E-state index in [2.05, 4.69) is 52.2 Å². The Labute approximate surface area is 112 Å². The molecular weight excluding hydrogens is 309 g/mol. The third kappa shape index (κ3) is 3.65. The lowest BCUT2D eigenvalue weighted by Crippen LogP contribution is -2.14. The molecule has 1 fully saturated rings. The van der Waals surface area contributed by atoms with Gasteiger partial charge in [-0.3, -0.25) is 0 Å². The van der Waals surface area contributed by atoms with Gasteiger partial charge in [-0.2, -0.15) is 0 Å². The molecule has 1 aliphatic rings. The lowest BCUT2D eigenvalue weighted by Gasteiger charge is -2.16. The molecule has 0 spiro atoms. The highest BCUT2D eigenvalue weighted by Gasteiger charge is 2.12. The fourth-order valence-corrected chi connectivity index (χ4v) is 3.01. The number of hydrogen-bond donors (Lipinski definition) is 1. The highest BCUT2D eigenvalue weighted by molar-refractivity contribution is 14.1. The smallest absolute Gasteiger partial charge is 0.0475 e. The summed E-state index contributed by atoms with van der Waals surface area (Å²) in [5, 5.41) is 3.60. The second-order valence-corrected chi connectivity index (χ2v) is 5.88. The Hall–Kier alpha value is -0.250. The third-order valence-electron chi connectivity index (χ3n) is 3.43. The number of para-hydroxylation sites is 1. The number of nitrogens with one attached hydrogen (secondary N) is 1. The molecule has 0 bridgehead atoms. The fraction of sp³-hybridized carbons (Fsp3) is 0.571. The lowest BCUT2D eigenvalue weighted by molar-refractivity contribution is 0.483. The number of hydrogen-bond acceptors (Lipinski definition) is 1. The van der Waals surface area contributed by atoms with Crippen LogP contribution in [0.25, 0.3) is 0 Å². The molecule has 88 valence electrons. The van der Waals surface area contributed by atoms with E-state index in [0.717, 1.165) is 12.5 Å². The first-order valence-corrected chi connectivity index (χ1v) is 7.42. The first kappa shape index (κ1) is 12.2. The van der Waals surface area contributed by atoms with Gasteiger partial charge in [0.2, 0.25) is 0 Å². The van der Waals surface area contributed by atoms with Crippen molar-refractivity contribution in [1.82, 2.24) is 0 Å². The van der Waals surface area contributed by atoms with E-state index in [1.165, 1.54) is 47.8 Å². The Morgan fingerprint density at radius 2 is 1.75 bits per heavy atom. The van der Waals surface area contributed by atoms with Crippen LogP contribution in [-0.4, -0.2) is 6.54 Å². The van der Waals surface area contributed by atoms with Gasteiger partial charge in [0.05, 0.1) is 0 Å². The van der Waals surface area contributed by atoms with Gasteiger partial charge < -0.3 is 5.32 Å². The summed E-state index contributed by atoms with van der Waals surface area (Å²) in [6.45, 7) is 1.15. The summed E-state index contributed by atoms with van der Waals surface area (Å²) in [5.74, 6) is 0.888. The Morgan fingerprint density at radius 1 is 1.06 bits per heavy atom. The van der Waals surface area contributed by atoms with Crippen molar-refractivity contribution < 1.29 is 0 Å². The van der Waals surface area contributed by atoms with Crippen LogP contribution >= 0.6 is 22.6 Å². The van der Waals surface area contributed by atoms with Crippen LogP contribution in [0.1, 0.15) is 38.5 Å². The molecule has 2 rings (SSSR count). The molecule has 0 radical (unpaired) electrons. The van der Waals surface area contributed by atoms with Crippen molar-refractivity contribution in [1.29, 1.82) is 0 Å². The summed E-state index contributed by atoms with van der Waals surface area (Å²) >= 11 is 2.40. The first-order valence-electron chi connectivity index (χ1n) is 6.34. The topological polar surface area (TPSA) is 12.0 Å². The van der Waals surface area contributed by atoms with Crippen molar-refractivity contribution in [2.24, 2.45) is 5.92 Å². The van der Waals surface area contributed by atoms with Crippen molar-refractivity contribution >= 4 is 28.3 Å². The highest BCUT2D eigenvalue weighted by atomic mass is 127. The molecule has 16 heavy (non-hydrogen) atoms. The van der Waals surface area contributed by atoms with Gasteiger partial charge in [0.15, 0.2) is 0 Å². The maximum Gasteiger partial charge on any atom is 0.0475 e. The molecular formula is C14H20IN. The van der Waals surface area contributed by atoms with Gasteiger partial charge in [-0.25, -0.2) is 0 Å². The molecule has 1 aliphatic carbocycles. The zero-order valence-electron chi connectivity index (χ0n) is 9.71. The molecule has 1 aromatic rings. The maximum absolute atomic E-state index is 3.60. The Kier molecular flexibility index (Phi) is 4.94. The van der Waals surface area contributed by atoms with Crippen LogP contribution in [0, 0.1) is 9.49 Å². The zero-order chi connectivity index (χ0) is 11.2. The van der Waals surface area contributed by atoms with Crippen LogP contribution in [0.5, 0.6) is 0 Å². The minimum atomic E-state index is 0.888. The molecule has 1 nitrogen and oxygen atoms in total. The van der Waals surface area contributed by atoms with Crippen LogP contribution in [-0.2, 0) is 0 Å². The van der Waals surface area contributed by atoms with Crippen LogP contribution in [0.3, 0.4) is 0 Å². The molecule has 0 heterocycles. The largest absolute Gasteiger partial charge is 0.384 e. The third-order valence-corrected chi connectivity index (χ3v) is 4.37. The molecule has 0 amide bonds. The quantitative estimate of drug-likeness (QED) is 0.627. The molecule has 1 saturated carbocycles. The predicted octanol–water partition coefficient (Wildman–Crippen LogP) is 4.67. The molecule has 0 aliphatic heterocycles. The van der Waals surface area contributed by atoms with Gasteiger partial charge in [0.1, 0.15) is 0 Å². The molecule has 1 N–H and O–H groups in total. The summed E-state index contributed by atoms with van der Waals surface area (Å²) in [6.07, 6.45) is 8.57. The van der Waals surface area contributed by atoms with Crippen molar-refractivity contribution in [2.45, 2.75) is 38.5 Å². The van der Waals surface area contributed by atoms with Gasteiger partial charge in [0, 0.05) is 15.8 Å². The van der Waals surface area contributed by atoms with E-state index in [4.69, 9.17) is 0 Å². The van der Waals surface area contributed by atoms with Gasteiger partial charge >= 0.3 is 0 Å². The monoisotopic (exact) mass is 329 g/mol. The van der Waals surface area contributed by atoms with E-state index >= 15 is 0 Å². The van der Waals surface area contributed by atoms with Gasteiger partial charge in [-0.1, -0.05) is 37.8 Å². The zero-order valence-corrected chi connectivity index (χ0v) is 11.9. The van der Waals surface area contributed by atoms with Crippen molar-refractivity contribution in [3.05, 3.63) is 27.8 Å². The first-order chi connectivity index (χ1) is 7.86. The SMILES string of the molecule is Ic1ccccc1NCC1CCCCCC1. The van der Waals surface area contributed by atoms with E-state index in [1.807, 2.05) is 0 Å². The minimum absolute atomic E-state index is 0.888. The molecule has 2 heteroatoms. The van der Waals surface area contributed by atoms with Crippen molar-refractivity contribution in [3.63, 3.8) is 0 Å². The van der Waals surface area contributed by atoms with E-state index in [-0.39, 0.29) is 0 Å². The average Bonchev–Trinajstić information content (AvgIpc) is 2.56. The summed E-state index contributed by atoms with van der Waals surface area (Å²) in [6, 6.07) is 8.55. The Bertz CT molecular complexity index is 316. The van der Waals surface area contributed by atoms with Crippen LogP contribution in [0.2, 0.25) is 0 Å². The summed E-state index contributed by atoms with van der Waals surface area (Å²) < 4.78 is 1.33. The van der Waals surface area contributed by atoms with E-state index < -0.39 is 0 Å². The lowest BCUT2D eigenvalue weighted by atomic mass is 10.0. The Morgan fingerprint density at radius 3 is 2.44 bits per heavy atom. The van der Waals surface area contributed by atoms with Crippen molar-refractivity contribution in [2.75, 3.05) is 11.9 Å². The summed E-state index contributed by atoms with van der Waals surface area (Å²) in [7, 11) is 0. The van der Waals surface area contributed by atoms with Gasteiger partial charge in [0.25, 0.3) is 0 Å². The molecule has 0 saturated heterocycles. The van der Waals surface area contributed by atoms with Crippen molar-refractivity contribution in [3.8, 4) is 0 Å². The second-order valence-electron chi connectivity index (χ2n) is 4.72. The van der Waals surface area contributed by atoms with Gasteiger partial charge in [-0.05, 0) is 53.5 Å². The van der Waals surface area contributed by atoms with Gasteiger partial charge in [-0.15, -0.1) is 0 Å². The normalized spacial score (nSPS) is 18.1. The summed E-state index contributed by atoms with van der Waals surface area (Å²) in [4.78, 5) is 0. The Balaban J connectivity index is 1.84. The molecule has 0 unspecified atom stereocenters. The highest BCUT2D eigenvalue weighted by Crippen LogP contribution is 2.24. The van der Waals surface area contributed by atoms with E-state index in [0.29, 0.717) is 0 Å². The number of anilines is 1. The molecule has 1 aromatic carbocycles. The standard InChI is InChI=1S/C14H20IN/c15-13-9-5-6-10-14(13)16-11-12-7-3-1-2-4-8-12/h5-6,9-10,12,16H,1-4,7-8,11H2. The number of halogens is 1. The molecule has 0 aromatic heterocycles. The summed E-state index contributed by atoms with van der Waals surface area (Å²) in [5.41, 5.74) is 1.30.